The average molecular weight is 605 g/mol. The molecule has 3 aromatic rings. The van der Waals surface area contributed by atoms with Gasteiger partial charge >= 0.3 is 0 Å². The van der Waals surface area contributed by atoms with Gasteiger partial charge in [-0.05, 0) is 74.4 Å². The highest BCUT2D eigenvalue weighted by Gasteiger charge is 2.32. The number of halogens is 2. The van der Waals surface area contributed by atoms with Crippen molar-refractivity contribution in [3.63, 3.8) is 0 Å². The predicted octanol–water partition coefficient (Wildman–Crippen LogP) is 5.12. The van der Waals surface area contributed by atoms with E-state index in [2.05, 4.69) is 21.2 Å². The number of carbonyl (C=O) groups excluding carboxylic acids is 2. The van der Waals surface area contributed by atoms with Gasteiger partial charge in [0.15, 0.2) is 0 Å². The molecule has 38 heavy (non-hydrogen) atoms. The van der Waals surface area contributed by atoms with Crippen LogP contribution in [0.25, 0.3) is 0 Å². The zero-order chi connectivity index (χ0) is 27.9. The van der Waals surface area contributed by atoms with Crippen LogP contribution in [-0.4, -0.2) is 43.8 Å². The third kappa shape index (κ3) is 7.41. The normalized spacial score (nSPS) is 12.9. The second kappa shape index (κ2) is 13.0. The molecule has 0 spiro atoms. The molecular weight excluding hydrogens is 573 g/mol. The topological polar surface area (TPSA) is 86.8 Å². The van der Waals surface area contributed by atoms with Crippen molar-refractivity contribution in [2.75, 3.05) is 10.8 Å². The van der Waals surface area contributed by atoms with E-state index in [1.165, 1.54) is 29.2 Å². The minimum atomic E-state index is -4.19. The lowest BCUT2D eigenvalue weighted by Crippen LogP contribution is -2.52. The van der Waals surface area contributed by atoms with Crippen molar-refractivity contribution in [1.29, 1.82) is 0 Å². The van der Waals surface area contributed by atoms with Crippen LogP contribution in [0.1, 0.15) is 32.8 Å². The Labute approximate surface area is 231 Å². The fourth-order valence-corrected chi connectivity index (χ4v) is 5.39. The van der Waals surface area contributed by atoms with Crippen LogP contribution >= 0.6 is 15.9 Å². The molecule has 2 unspecified atom stereocenters. The van der Waals surface area contributed by atoms with Crippen molar-refractivity contribution < 1.29 is 22.4 Å². The molecule has 0 heterocycles. The highest BCUT2D eigenvalue weighted by molar-refractivity contribution is 9.10. The van der Waals surface area contributed by atoms with E-state index in [9.17, 15) is 22.4 Å². The van der Waals surface area contributed by atoms with E-state index in [4.69, 9.17) is 0 Å². The number of hydrogen-bond donors (Lipinski definition) is 1. The van der Waals surface area contributed by atoms with Crippen LogP contribution in [0.5, 0.6) is 0 Å². The monoisotopic (exact) mass is 603 g/mol. The number of sulfonamides is 1. The Bertz CT molecular complexity index is 1340. The third-order valence-electron chi connectivity index (χ3n) is 6.16. The van der Waals surface area contributed by atoms with E-state index >= 15 is 0 Å². The van der Waals surface area contributed by atoms with Gasteiger partial charge < -0.3 is 10.2 Å². The molecule has 0 radical (unpaired) electrons. The lowest BCUT2D eigenvalue weighted by Gasteiger charge is -2.32. The van der Waals surface area contributed by atoms with Crippen molar-refractivity contribution >= 4 is 43.5 Å². The van der Waals surface area contributed by atoms with E-state index in [0.717, 1.165) is 26.5 Å². The highest BCUT2D eigenvalue weighted by Crippen LogP contribution is 2.25. The zero-order valence-corrected chi connectivity index (χ0v) is 23.9. The van der Waals surface area contributed by atoms with Crippen molar-refractivity contribution in [1.82, 2.24) is 10.2 Å². The number of carbonyl (C=O) groups is 2. The highest BCUT2D eigenvalue weighted by atomic mass is 79.9. The first-order valence-corrected chi connectivity index (χ1v) is 14.4. The maximum absolute atomic E-state index is 13.8. The molecule has 0 aromatic heterocycles. The number of hydrogen-bond acceptors (Lipinski definition) is 4. The van der Waals surface area contributed by atoms with Gasteiger partial charge in [-0.1, -0.05) is 53.2 Å². The van der Waals surface area contributed by atoms with Crippen molar-refractivity contribution in [3.05, 3.63) is 94.7 Å². The smallest absolute Gasteiger partial charge is 0.264 e. The summed E-state index contributed by atoms with van der Waals surface area (Å²) in [5.74, 6) is -1.46. The van der Waals surface area contributed by atoms with Gasteiger partial charge in [-0.15, -0.1) is 0 Å². The van der Waals surface area contributed by atoms with Gasteiger partial charge in [0, 0.05) is 17.1 Å². The van der Waals surface area contributed by atoms with Gasteiger partial charge in [-0.2, -0.15) is 0 Å². The fraction of sp³-hybridized carbons (Fsp3) is 0.286. The Balaban J connectivity index is 2.00. The number of benzene rings is 3. The largest absolute Gasteiger partial charge is 0.352 e. The van der Waals surface area contributed by atoms with Crippen LogP contribution in [0.4, 0.5) is 10.1 Å². The second-order valence-corrected chi connectivity index (χ2v) is 11.7. The summed E-state index contributed by atoms with van der Waals surface area (Å²) in [6, 6.07) is 18.9. The molecule has 3 rings (SSSR count). The van der Waals surface area contributed by atoms with Crippen molar-refractivity contribution in [2.45, 2.75) is 50.7 Å². The van der Waals surface area contributed by atoms with Gasteiger partial charge in [0.25, 0.3) is 10.0 Å². The lowest BCUT2D eigenvalue weighted by atomic mass is 10.1. The summed E-state index contributed by atoms with van der Waals surface area (Å²) in [6.45, 7) is 4.93. The average Bonchev–Trinajstić information content (AvgIpc) is 2.91. The zero-order valence-electron chi connectivity index (χ0n) is 21.5. The van der Waals surface area contributed by atoms with Gasteiger partial charge in [-0.25, -0.2) is 12.8 Å². The maximum Gasteiger partial charge on any atom is 0.264 e. The number of amides is 2. The first-order valence-electron chi connectivity index (χ1n) is 12.2. The van der Waals surface area contributed by atoms with E-state index in [1.54, 1.807) is 25.1 Å². The molecule has 0 aliphatic heterocycles. The number of nitrogens with one attached hydrogen (secondary N) is 1. The first-order chi connectivity index (χ1) is 18.0. The number of anilines is 1. The van der Waals surface area contributed by atoms with Crippen molar-refractivity contribution in [3.8, 4) is 0 Å². The SMILES string of the molecule is CCC(C)NC(=O)C(C)N(Cc1ccc(Br)cc1)C(=O)CN(c1ccc(F)cc1)S(=O)(=O)c1ccccc1. The Hall–Kier alpha value is -3.24. The Morgan fingerprint density at radius 3 is 2.13 bits per heavy atom. The molecule has 2 atom stereocenters. The predicted molar refractivity (Wildman–Crippen MR) is 149 cm³/mol. The summed E-state index contributed by atoms with van der Waals surface area (Å²) in [5.41, 5.74) is 0.896. The summed E-state index contributed by atoms with van der Waals surface area (Å²) < 4.78 is 42.7. The molecule has 2 amide bonds. The standard InChI is InChI=1S/C28H31BrFN3O4S/c1-4-20(2)31-28(35)21(3)32(18-22-10-12-23(29)13-11-22)27(34)19-33(25-16-14-24(30)15-17-25)38(36,37)26-8-6-5-7-9-26/h5-17,20-21H,4,18-19H2,1-3H3,(H,31,35). The molecule has 0 bridgehead atoms. The molecule has 0 aliphatic carbocycles. The van der Waals surface area contributed by atoms with E-state index in [-0.39, 0.29) is 29.1 Å². The molecule has 0 fully saturated rings. The van der Waals surface area contributed by atoms with Gasteiger partial charge in [-0.3, -0.25) is 13.9 Å². The molecule has 10 heteroatoms. The molecule has 0 aliphatic rings. The summed E-state index contributed by atoms with van der Waals surface area (Å²) in [5, 5.41) is 2.89. The summed E-state index contributed by atoms with van der Waals surface area (Å²) in [4.78, 5) is 28.2. The lowest BCUT2D eigenvalue weighted by molar-refractivity contribution is -0.139. The molecular formula is C28H31BrFN3O4S. The van der Waals surface area contributed by atoms with Gasteiger partial charge in [0.05, 0.1) is 10.6 Å². The molecule has 202 valence electrons. The van der Waals surface area contributed by atoms with Crippen LogP contribution in [0.3, 0.4) is 0 Å². The van der Waals surface area contributed by atoms with Crippen molar-refractivity contribution in [2.24, 2.45) is 0 Å². The summed E-state index contributed by atoms with van der Waals surface area (Å²) >= 11 is 3.39. The van der Waals surface area contributed by atoms with E-state index < -0.39 is 34.3 Å². The van der Waals surface area contributed by atoms with Gasteiger partial charge in [0.2, 0.25) is 11.8 Å². The molecule has 1 N–H and O–H groups in total. The summed E-state index contributed by atoms with van der Waals surface area (Å²) in [7, 11) is -4.19. The van der Waals surface area contributed by atoms with Crippen LogP contribution in [0.15, 0.2) is 88.2 Å². The van der Waals surface area contributed by atoms with Crippen LogP contribution in [0, 0.1) is 5.82 Å². The number of rotatable bonds is 11. The summed E-state index contributed by atoms with van der Waals surface area (Å²) in [6.07, 6.45) is 0.715. The van der Waals surface area contributed by atoms with E-state index in [1.807, 2.05) is 38.1 Å². The Morgan fingerprint density at radius 2 is 1.55 bits per heavy atom. The number of nitrogens with zero attached hydrogens (tertiary/aromatic N) is 2. The Morgan fingerprint density at radius 1 is 0.947 bits per heavy atom. The third-order valence-corrected chi connectivity index (χ3v) is 8.48. The fourth-order valence-electron chi connectivity index (χ4n) is 3.69. The minimum Gasteiger partial charge on any atom is -0.352 e. The van der Waals surface area contributed by atoms with Crippen LogP contribution in [-0.2, 0) is 26.2 Å². The molecule has 3 aromatic carbocycles. The molecule has 0 saturated heterocycles. The quantitative estimate of drug-likeness (QED) is 0.330. The van der Waals surface area contributed by atoms with Crippen LogP contribution < -0.4 is 9.62 Å². The molecule has 7 nitrogen and oxygen atoms in total. The van der Waals surface area contributed by atoms with Gasteiger partial charge in [0.1, 0.15) is 18.4 Å². The second-order valence-electron chi connectivity index (χ2n) is 8.94. The van der Waals surface area contributed by atoms with E-state index in [0.29, 0.717) is 6.42 Å². The van der Waals surface area contributed by atoms with Crippen LogP contribution in [0.2, 0.25) is 0 Å². The maximum atomic E-state index is 13.8. The first kappa shape index (κ1) is 29.3. The minimum absolute atomic E-state index is 0.0147. The Kier molecular flexibility index (Phi) is 10.0. The molecule has 0 saturated carbocycles.